The summed E-state index contributed by atoms with van der Waals surface area (Å²) in [4.78, 5) is 16.5. The van der Waals surface area contributed by atoms with Crippen LogP contribution in [0.25, 0.3) is 6.08 Å². The first-order valence-electron chi connectivity index (χ1n) is 8.29. The minimum absolute atomic E-state index is 0.180. The first-order chi connectivity index (χ1) is 12.6. The standard InChI is InChI=1S/C21H20N2O2S/c1-15-6-5-8-18(12-15)23-21(24)11-10-17-7-3-4-9-20(17)25-13-19-14-26-16(2)22-19/h3-12,14H,13H2,1-2H3,(H,23,24)/b11-10+. The van der Waals surface area contributed by atoms with Crippen molar-refractivity contribution in [2.45, 2.75) is 20.5 Å². The highest BCUT2D eigenvalue weighted by atomic mass is 32.1. The number of anilines is 1. The van der Waals surface area contributed by atoms with Crippen molar-refractivity contribution in [3.8, 4) is 5.75 Å². The Balaban J connectivity index is 1.65. The normalized spacial score (nSPS) is 10.8. The molecule has 5 heteroatoms. The first kappa shape index (κ1) is 17.9. The Labute approximate surface area is 157 Å². The van der Waals surface area contributed by atoms with E-state index in [0.717, 1.165) is 33.3 Å². The molecule has 0 aliphatic heterocycles. The molecule has 0 saturated carbocycles. The number of carbonyl (C=O) groups is 1. The third-order valence-corrected chi connectivity index (χ3v) is 4.48. The molecule has 4 nitrogen and oxygen atoms in total. The van der Waals surface area contributed by atoms with Crippen LogP contribution in [0.5, 0.6) is 5.75 Å². The van der Waals surface area contributed by atoms with E-state index in [0.29, 0.717) is 6.61 Å². The summed E-state index contributed by atoms with van der Waals surface area (Å²) in [6.45, 7) is 4.37. The molecule has 3 rings (SSSR count). The Morgan fingerprint density at radius 3 is 2.81 bits per heavy atom. The number of hydrogen-bond acceptors (Lipinski definition) is 4. The third-order valence-electron chi connectivity index (χ3n) is 3.66. The third kappa shape index (κ3) is 5.04. The van der Waals surface area contributed by atoms with Crippen molar-refractivity contribution < 1.29 is 9.53 Å². The predicted molar refractivity (Wildman–Crippen MR) is 106 cm³/mol. The van der Waals surface area contributed by atoms with Gasteiger partial charge in [0.1, 0.15) is 12.4 Å². The fourth-order valence-electron chi connectivity index (χ4n) is 2.45. The lowest BCUT2D eigenvalue weighted by molar-refractivity contribution is -0.111. The molecule has 132 valence electrons. The number of carbonyl (C=O) groups excluding carboxylic acids is 1. The Bertz CT molecular complexity index is 931. The number of aryl methyl sites for hydroxylation is 2. The van der Waals surface area contributed by atoms with Gasteiger partial charge < -0.3 is 10.1 Å². The molecule has 0 spiro atoms. The molecule has 1 amide bonds. The van der Waals surface area contributed by atoms with Crippen molar-refractivity contribution in [3.05, 3.63) is 81.8 Å². The number of ether oxygens (including phenoxy) is 1. The number of benzene rings is 2. The van der Waals surface area contributed by atoms with Crippen molar-refractivity contribution >= 4 is 29.0 Å². The van der Waals surface area contributed by atoms with E-state index in [1.165, 1.54) is 6.08 Å². The van der Waals surface area contributed by atoms with Crippen molar-refractivity contribution in [1.82, 2.24) is 4.98 Å². The second-order valence-corrected chi connectivity index (χ2v) is 6.94. The van der Waals surface area contributed by atoms with Gasteiger partial charge in [-0.15, -0.1) is 11.3 Å². The highest BCUT2D eigenvalue weighted by Crippen LogP contribution is 2.21. The molecule has 0 aliphatic carbocycles. The molecule has 0 aliphatic rings. The molecular weight excluding hydrogens is 344 g/mol. The summed E-state index contributed by atoms with van der Waals surface area (Å²) >= 11 is 1.60. The average Bonchev–Trinajstić information content (AvgIpc) is 3.04. The number of hydrogen-bond donors (Lipinski definition) is 1. The van der Waals surface area contributed by atoms with Crippen LogP contribution in [0.1, 0.15) is 21.8 Å². The minimum Gasteiger partial charge on any atom is -0.487 e. The van der Waals surface area contributed by atoms with E-state index in [1.807, 2.05) is 67.8 Å². The van der Waals surface area contributed by atoms with Crippen molar-refractivity contribution in [3.63, 3.8) is 0 Å². The molecule has 26 heavy (non-hydrogen) atoms. The zero-order chi connectivity index (χ0) is 18.4. The Morgan fingerprint density at radius 1 is 1.19 bits per heavy atom. The molecule has 0 unspecified atom stereocenters. The summed E-state index contributed by atoms with van der Waals surface area (Å²) in [7, 11) is 0. The number of nitrogens with one attached hydrogen (secondary N) is 1. The van der Waals surface area contributed by atoms with Crippen LogP contribution in [-0.2, 0) is 11.4 Å². The molecule has 0 radical (unpaired) electrons. The van der Waals surface area contributed by atoms with Crippen molar-refractivity contribution in [2.75, 3.05) is 5.32 Å². The summed E-state index contributed by atoms with van der Waals surface area (Å²) in [5.74, 6) is 0.540. The largest absolute Gasteiger partial charge is 0.487 e. The maximum Gasteiger partial charge on any atom is 0.248 e. The molecule has 0 saturated heterocycles. The van der Waals surface area contributed by atoms with Gasteiger partial charge in [-0.25, -0.2) is 4.98 Å². The van der Waals surface area contributed by atoms with Gasteiger partial charge in [0, 0.05) is 22.7 Å². The van der Waals surface area contributed by atoms with E-state index in [1.54, 1.807) is 17.4 Å². The fourth-order valence-corrected chi connectivity index (χ4v) is 3.05. The molecule has 0 atom stereocenters. The van der Waals surface area contributed by atoms with Gasteiger partial charge in [0.25, 0.3) is 0 Å². The minimum atomic E-state index is -0.180. The summed E-state index contributed by atoms with van der Waals surface area (Å²) in [6, 6.07) is 15.3. The number of rotatable bonds is 6. The zero-order valence-electron chi connectivity index (χ0n) is 14.7. The fraction of sp³-hybridized carbons (Fsp3) is 0.143. The van der Waals surface area contributed by atoms with Crippen LogP contribution in [0.4, 0.5) is 5.69 Å². The van der Waals surface area contributed by atoms with Gasteiger partial charge in [-0.3, -0.25) is 4.79 Å². The lowest BCUT2D eigenvalue weighted by atomic mass is 10.2. The second-order valence-electron chi connectivity index (χ2n) is 5.88. The Hall–Kier alpha value is -2.92. The molecular formula is C21H20N2O2S. The van der Waals surface area contributed by atoms with E-state index in [-0.39, 0.29) is 5.91 Å². The van der Waals surface area contributed by atoms with Gasteiger partial charge in [0.2, 0.25) is 5.91 Å². The second kappa shape index (κ2) is 8.45. The monoisotopic (exact) mass is 364 g/mol. The quantitative estimate of drug-likeness (QED) is 0.627. The van der Waals surface area contributed by atoms with Crippen LogP contribution in [0.15, 0.2) is 60.0 Å². The van der Waals surface area contributed by atoms with Gasteiger partial charge in [-0.1, -0.05) is 30.3 Å². The number of aromatic nitrogens is 1. The smallest absolute Gasteiger partial charge is 0.248 e. The zero-order valence-corrected chi connectivity index (χ0v) is 15.5. The van der Waals surface area contributed by atoms with E-state index >= 15 is 0 Å². The van der Waals surface area contributed by atoms with Crippen LogP contribution >= 0.6 is 11.3 Å². The lowest BCUT2D eigenvalue weighted by Gasteiger charge is -2.08. The van der Waals surface area contributed by atoms with Crippen LogP contribution in [0, 0.1) is 13.8 Å². The summed E-state index contributed by atoms with van der Waals surface area (Å²) in [5, 5.41) is 5.87. The molecule has 1 aromatic heterocycles. The van der Waals surface area contributed by atoms with Crippen LogP contribution in [0.2, 0.25) is 0 Å². The van der Waals surface area contributed by atoms with Crippen molar-refractivity contribution in [2.24, 2.45) is 0 Å². The van der Waals surface area contributed by atoms with Crippen LogP contribution in [0.3, 0.4) is 0 Å². The summed E-state index contributed by atoms with van der Waals surface area (Å²) in [6.07, 6.45) is 3.27. The van der Waals surface area contributed by atoms with E-state index in [4.69, 9.17) is 4.74 Å². The molecule has 1 heterocycles. The first-order valence-corrected chi connectivity index (χ1v) is 9.17. The Morgan fingerprint density at radius 2 is 2.04 bits per heavy atom. The van der Waals surface area contributed by atoms with E-state index < -0.39 is 0 Å². The number of amides is 1. The van der Waals surface area contributed by atoms with Gasteiger partial charge in [-0.2, -0.15) is 0 Å². The molecule has 0 bridgehead atoms. The van der Waals surface area contributed by atoms with Crippen LogP contribution in [-0.4, -0.2) is 10.9 Å². The number of nitrogens with zero attached hydrogens (tertiary/aromatic N) is 1. The maximum absolute atomic E-state index is 12.1. The van der Waals surface area contributed by atoms with Gasteiger partial charge in [-0.05, 0) is 43.7 Å². The highest BCUT2D eigenvalue weighted by Gasteiger charge is 2.04. The topological polar surface area (TPSA) is 51.2 Å². The Kier molecular flexibility index (Phi) is 5.81. The van der Waals surface area contributed by atoms with E-state index in [2.05, 4.69) is 10.3 Å². The van der Waals surface area contributed by atoms with Gasteiger partial charge >= 0.3 is 0 Å². The number of para-hydroxylation sites is 1. The van der Waals surface area contributed by atoms with Gasteiger partial charge in [0.05, 0.1) is 10.7 Å². The summed E-state index contributed by atoms with van der Waals surface area (Å²) < 4.78 is 5.86. The average molecular weight is 364 g/mol. The summed E-state index contributed by atoms with van der Waals surface area (Å²) in [5.41, 5.74) is 3.63. The molecule has 3 aromatic rings. The SMILES string of the molecule is Cc1cccc(NC(=O)/C=C/c2ccccc2OCc2csc(C)n2)c1. The predicted octanol–water partition coefficient (Wildman–Crippen LogP) is 4.99. The molecule has 1 N–H and O–H groups in total. The molecule has 2 aromatic carbocycles. The lowest BCUT2D eigenvalue weighted by Crippen LogP contribution is -2.07. The highest BCUT2D eigenvalue weighted by molar-refractivity contribution is 7.09. The maximum atomic E-state index is 12.1. The molecule has 0 fully saturated rings. The van der Waals surface area contributed by atoms with Gasteiger partial charge in [0.15, 0.2) is 0 Å². The van der Waals surface area contributed by atoms with E-state index in [9.17, 15) is 4.79 Å². The van der Waals surface area contributed by atoms with Crippen molar-refractivity contribution in [1.29, 1.82) is 0 Å². The van der Waals surface area contributed by atoms with Crippen LogP contribution < -0.4 is 10.1 Å². The number of thiazole rings is 1.